The number of nitrogens with zero attached hydrogens (tertiary/aromatic N) is 2. The Hall–Kier alpha value is -1.70. The Morgan fingerprint density at radius 3 is 2.43 bits per heavy atom. The molecule has 0 bridgehead atoms. The van der Waals surface area contributed by atoms with Crippen molar-refractivity contribution in [1.29, 1.82) is 0 Å². The predicted octanol–water partition coefficient (Wildman–Crippen LogP) is 2.52. The van der Waals surface area contributed by atoms with Crippen LogP contribution in [-0.4, -0.2) is 10.2 Å². The summed E-state index contributed by atoms with van der Waals surface area (Å²) in [6, 6.07) is 12.1. The van der Waals surface area contributed by atoms with Gasteiger partial charge >= 0.3 is 0 Å². The number of hydrogen-bond acceptors (Lipinski definition) is 2. The normalized spacial score (nSPS) is 10.1. The highest BCUT2D eigenvalue weighted by molar-refractivity contribution is 5.58. The van der Waals surface area contributed by atoms with Gasteiger partial charge in [0.25, 0.3) is 0 Å². The molecule has 0 amide bonds. The number of aromatic nitrogens is 2. The molecule has 0 aliphatic heterocycles. The van der Waals surface area contributed by atoms with Gasteiger partial charge in [0.05, 0.1) is 5.69 Å². The van der Waals surface area contributed by atoms with Crippen LogP contribution in [0.4, 0.5) is 0 Å². The lowest BCUT2D eigenvalue weighted by Crippen LogP contribution is -1.86. The Labute approximate surface area is 83.6 Å². The van der Waals surface area contributed by atoms with Gasteiger partial charge in [0.1, 0.15) is 0 Å². The fourth-order valence-corrected chi connectivity index (χ4v) is 1.30. The van der Waals surface area contributed by atoms with E-state index in [-0.39, 0.29) is 0 Å². The van der Waals surface area contributed by atoms with E-state index in [0.29, 0.717) is 0 Å². The molecule has 1 aromatic carbocycles. The van der Waals surface area contributed by atoms with Gasteiger partial charge in [-0.1, -0.05) is 24.3 Å². The van der Waals surface area contributed by atoms with Crippen molar-refractivity contribution in [3.8, 4) is 11.3 Å². The fraction of sp³-hybridized carbons (Fsp3) is 0.0833. The first-order valence-electron chi connectivity index (χ1n) is 4.56. The average molecular weight is 183 g/mol. The van der Waals surface area contributed by atoms with Crippen molar-refractivity contribution >= 4 is 0 Å². The smallest absolute Gasteiger partial charge is 0.0929 e. The summed E-state index contributed by atoms with van der Waals surface area (Å²) in [5, 5.41) is 7.88. The van der Waals surface area contributed by atoms with Gasteiger partial charge < -0.3 is 0 Å². The van der Waals surface area contributed by atoms with Crippen molar-refractivity contribution in [1.82, 2.24) is 10.2 Å². The topological polar surface area (TPSA) is 25.8 Å². The molecule has 0 saturated carbocycles. The van der Waals surface area contributed by atoms with Crippen LogP contribution in [0.1, 0.15) is 5.56 Å². The first kappa shape index (κ1) is 8.88. The molecule has 2 heteroatoms. The third kappa shape index (κ3) is 1.79. The number of benzene rings is 1. The van der Waals surface area contributed by atoms with Gasteiger partial charge in [0, 0.05) is 11.8 Å². The molecule has 1 radical (unpaired) electrons. The Morgan fingerprint density at radius 1 is 1.07 bits per heavy atom. The minimum Gasteiger partial charge on any atom is -0.159 e. The second-order valence-electron chi connectivity index (χ2n) is 3.06. The first-order chi connectivity index (χ1) is 6.90. The van der Waals surface area contributed by atoms with Gasteiger partial charge in [-0.25, -0.2) is 0 Å². The third-order valence-electron chi connectivity index (χ3n) is 2.11. The van der Waals surface area contributed by atoms with Gasteiger partial charge in [-0.2, -0.15) is 10.2 Å². The van der Waals surface area contributed by atoms with E-state index in [1.165, 1.54) is 5.56 Å². The Bertz CT molecular complexity index is 392. The lowest BCUT2D eigenvalue weighted by molar-refractivity contribution is 1.04. The Morgan fingerprint density at radius 2 is 1.86 bits per heavy atom. The third-order valence-corrected chi connectivity index (χ3v) is 2.11. The van der Waals surface area contributed by atoms with Gasteiger partial charge in [0.15, 0.2) is 0 Å². The van der Waals surface area contributed by atoms with Crippen molar-refractivity contribution < 1.29 is 0 Å². The van der Waals surface area contributed by atoms with Crippen molar-refractivity contribution in [2.24, 2.45) is 0 Å². The maximum atomic E-state index is 4.04. The van der Waals surface area contributed by atoms with E-state index in [1.54, 1.807) is 6.20 Å². The Balaban J connectivity index is 2.34. The minimum absolute atomic E-state index is 0.820. The van der Waals surface area contributed by atoms with Crippen LogP contribution in [0.15, 0.2) is 42.6 Å². The van der Waals surface area contributed by atoms with Crippen LogP contribution in [-0.2, 0) is 6.42 Å². The molecule has 0 saturated heterocycles. The van der Waals surface area contributed by atoms with Crippen LogP contribution in [0.25, 0.3) is 11.3 Å². The molecule has 69 valence electrons. The highest BCUT2D eigenvalue weighted by Crippen LogP contribution is 2.16. The fourth-order valence-electron chi connectivity index (χ4n) is 1.30. The second kappa shape index (κ2) is 4.01. The molecule has 0 aliphatic carbocycles. The lowest BCUT2D eigenvalue weighted by Gasteiger charge is -2.00. The molecule has 0 fully saturated rings. The minimum atomic E-state index is 0.820. The van der Waals surface area contributed by atoms with Crippen LogP contribution in [0.3, 0.4) is 0 Å². The molecule has 0 atom stereocenters. The summed E-state index contributed by atoms with van der Waals surface area (Å²) < 4.78 is 0. The lowest BCUT2D eigenvalue weighted by atomic mass is 10.1. The summed E-state index contributed by atoms with van der Waals surface area (Å²) in [7, 11) is 0. The van der Waals surface area contributed by atoms with Crippen LogP contribution in [0.2, 0.25) is 0 Å². The van der Waals surface area contributed by atoms with E-state index in [4.69, 9.17) is 0 Å². The zero-order chi connectivity index (χ0) is 9.80. The van der Waals surface area contributed by atoms with Gasteiger partial charge in [-0.15, -0.1) is 0 Å². The second-order valence-corrected chi connectivity index (χ2v) is 3.06. The van der Waals surface area contributed by atoms with Gasteiger partial charge in [-0.3, -0.25) is 0 Å². The zero-order valence-electron chi connectivity index (χ0n) is 7.85. The molecule has 1 aromatic heterocycles. The van der Waals surface area contributed by atoms with E-state index in [9.17, 15) is 0 Å². The van der Waals surface area contributed by atoms with E-state index in [0.717, 1.165) is 17.7 Å². The molecule has 1 heterocycles. The maximum Gasteiger partial charge on any atom is 0.0929 e. The quantitative estimate of drug-likeness (QED) is 0.715. The van der Waals surface area contributed by atoms with E-state index in [1.807, 2.05) is 24.3 Å². The number of rotatable bonds is 2. The standard InChI is InChI=1S/C12H11N2/c1-2-10-5-7-11(8-6-10)12-4-3-9-13-14-12/h3-9H,1-2H2. The Kier molecular flexibility index (Phi) is 2.54. The molecule has 14 heavy (non-hydrogen) atoms. The number of hydrogen-bond donors (Lipinski definition) is 0. The summed E-state index contributed by atoms with van der Waals surface area (Å²) in [6.07, 6.45) is 2.49. The molecular weight excluding hydrogens is 172 g/mol. The van der Waals surface area contributed by atoms with E-state index >= 15 is 0 Å². The molecule has 0 spiro atoms. The summed E-state index contributed by atoms with van der Waals surface area (Å²) >= 11 is 0. The molecule has 2 nitrogen and oxygen atoms in total. The van der Waals surface area contributed by atoms with Crippen LogP contribution in [0, 0.1) is 6.92 Å². The zero-order valence-corrected chi connectivity index (χ0v) is 7.85. The van der Waals surface area contributed by atoms with E-state index < -0.39 is 0 Å². The summed E-state index contributed by atoms with van der Waals surface area (Å²) in [6.45, 7) is 3.83. The van der Waals surface area contributed by atoms with Crippen molar-refractivity contribution in [2.75, 3.05) is 0 Å². The van der Waals surface area contributed by atoms with Crippen LogP contribution >= 0.6 is 0 Å². The average Bonchev–Trinajstić information content (AvgIpc) is 2.30. The van der Waals surface area contributed by atoms with E-state index in [2.05, 4.69) is 29.3 Å². The highest BCUT2D eigenvalue weighted by atomic mass is 15.1. The van der Waals surface area contributed by atoms with Crippen molar-refractivity contribution in [3.05, 3.63) is 55.1 Å². The van der Waals surface area contributed by atoms with Gasteiger partial charge in [0.2, 0.25) is 0 Å². The molecule has 0 aliphatic rings. The largest absolute Gasteiger partial charge is 0.159 e. The molecule has 0 unspecified atom stereocenters. The SMILES string of the molecule is [CH2]Cc1ccc(-c2cccnn2)cc1. The summed E-state index contributed by atoms with van der Waals surface area (Å²) in [4.78, 5) is 0. The van der Waals surface area contributed by atoms with Crippen molar-refractivity contribution in [3.63, 3.8) is 0 Å². The highest BCUT2D eigenvalue weighted by Gasteiger charge is 1.97. The molecular formula is C12H11N2. The monoisotopic (exact) mass is 183 g/mol. The molecule has 2 rings (SSSR count). The van der Waals surface area contributed by atoms with Gasteiger partial charge in [-0.05, 0) is 31.0 Å². The molecule has 0 N–H and O–H groups in total. The van der Waals surface area contributed by atoms with Crippen LogP contribution in [0.5, 0.6) is 0 Å². The summed E-state index contributed by atoms with van der Waals surface area (Å²) in [5.41, 5.74) is 3.23. The maximum absolute atomic E-state index is 4.04. The summed E-state index contributed by atoms with van der Waals surface area (Å²) in [5.74, 6) is 0. The predicted molar refractivity (Wildman–Crippen MR) is 56.5 cm³/mol. The molecule has 2 aromatic rings. The van der Waals surface area contributed by atoms with Crippen LogP contribution < -0.4 is 0 Å². The first-order valence-corrected chi connectivity index (χ1v) is 4.56. The van der Waals surface area contributed by atoms with Crippen molar-refractivity contribution in [2.45, 2.75) is 6.42 Å².